The van der Waals surface area contributed by atoms with Crippen LogP contribution in [0.2, 0.25) is 0 Å². The standard InChI is InChI=1S/C55H38N2/c1-55(2)49-23-13-12-21-44(49)45-30-29-40(33-50(45)55)42-19-10-11-22-46(42)51-34-52(57-54(56-51)38-26-24-36(25-27-38)35-14-4-3-5-15-35)53-43-20-9-7-17-39(43)32-48-41-18-8-6-16-37(41)28-31-47(48)53/h3-34H,1-2H3. The molecule has 1 aliphatic carbocycles. The summed E-state index contributed by atoms with van der Waals surface area (Å²) in [5.74, 6) is 0.698. The largest absolute Gasteiger partial charge is 0.228 e. The van der Waals surface area contributed by atoms with Crippen molar-refractivity contribution in [2.45, 2.75) is 19.3 Å². The molecule has 0 fully saturated rings. The topological polar surface area (TPSA) is 25.8 Å². The van der Waals surface area contributed by atoms with Crippen LogP contribution in [0.3, 0.4) is 0 Å². The van der Waals surface area contributed by atoms with Crippen molar-refractivity contribution in [3.8, 4) is 67.3 Å². The maximum Gasteiger partial charge on any atom is 0.160 e. The normalized spacial score (nSPS) is 12.9. The molecule has 11 rings (SSSR count). The molecule has 0 N–H and O–H groups in total. The van der Waals surface area contributed by atoms with E-state index in [2.05, 4.69) is 208 Å². The van der Waals surface area contributed by atoms with Crippen molar-refractivity contribution in [2.24, 2.45) is 0 Å². The van der Waals surface area contributed by atoms with Crippen molar-refractivity contribution < 1.29 is 0 Å². The van der Waals surface area contributed by atoms with Crippen molar-refractivity contribution >= 4 is 32.3 Å². The number of fused-ring (bicyclic) bond motifs is 7. The highest BCUT2D eigenvalue weighted by molar-refractivity contribution is 6.20. The Balaban J connectivity index is 1.15. The fourth-order valence-corrected chi connectivity index (χ4v) is 9.21. The van der Waals surface area contributed by atoms with Crippen molar-refractivity contribution in [1.82, 2.24) is 9.97 Å². The van der Waals surface area contributed by atoms with Crippen molar-refractivity contribution in [3.63, 3.8) is 0 Å². The monoisotopic (exact) mass is 726 g/mol. The minimum atomic E-state index is -0.0996. The summed E-state index contributed by atoms with van der Waals surface area (Å²) in [5.41, 5.74) is 14.9. The van der Waals surface area contributed by atoms with Crippen LogP contribution in [0.5, 0.6) is 0 Å². The first-order chi connectivity index (χ1) is 28.0. The van der Waals surface area contributed by atoms with E-state index in [1.165, 1.54) is 65.7 Å². The third-order valence-corrected chi connectivity index (χ3v) is 12.1. The first kappa shape index (κ1) is 33.2. The molecule has 57 heavy (non-hydrogen) atoms. The number of benzene rings is 9. The zero-order valence-corrected chi connectivity index (χ0v) is 31.9. The Labute approximate surface area is 332 Å². The molecule has 1 aromatic heterocycles. The fourth-order valence-electron chi connectivity index (χ4n) is 9.21. The first-order valence-corrected chi connectivity index (χ1v) is 19.7. The van der Waals surface area contributed by atoms with Crippen LogP contribution in [0, 0.1) is 0 Å². The SMILES string of the molecule is CC1(C)c2ccccc2-c2ccc(-c3ccccc3-c3cc(-c4c5ccccc5cc5c4ccc4ccccc45)nc(-c4ccc(-c5ccccc5)cc4)n3)cc21. The molecule has 2 nitrogen and oxygen atoms in total. The second-order valence-corrected chi connectivity index (χ2v) is 15.7. The third kappa shape index (κ3) is 5.40. The minimum Gasteiger partial charge on any atom is -0.228 e. The fraction of sp³-hybridized carbons (Fsp3) is 0.0545. The first-order valence-electron chi connectivity index (χ1n) is 19.7. The van der Waals surface area contributed by atoms with Crippen LogP contribution in [0.15, 0.2) is 194 Å². The van der Waals surface area contributed by atoms with Gasteiger partial charge in [-0.3, -0.25) is 0 Å². The molecular weight excluding hydrogens is 689 g/mol. The van der Waals surface area contributed by atoms with E-state index >= 15 is 0 Å². The molecule has 9 aromatic carbocycles. The molecule has 0 aliphatic heterocycles. The van der Waals surface area contributed by atoms with Gasteiger partial charge < -0.3 is 0 Å². The lowest BCUT2D eigenvalue weighted by Gasteiger charge is -2.22. The van der Waals surface area contributed by atoms with Gasteiger partial charge in [0.25, 0.3) is 0 Å². The summed E-state index contributed by atoms with van der Waals surface area (Å²) in [7, 11) is 0. The molecule has 0 saturated heterocycles. The molecular formula is C55H38N2. The second kappa shape index (κ2) is 13.0. The van der Waals surface area contributed by atoms with E-state index in [0.717, 1.165) is 39.2 Å². The van der Waals surface area contributed by atoms with E-state index < -0.39 is 0 Å². The lowest BCUT2D eigenvalue weighted by atomic mass is 9.81. The van der Waals surface area contributed by atoms with Gasteiger partial charge in [-0.2, -0.15) is 0 Å². The lowest BCUT2D eigenvalue weighted by molar-refractivity contribution is 0.660. The Morgan fingerprint density at radius 1 is 0.333 bits per heavy atom. The van der Waals surface area contributed by atoms with E-state index in [0.29, 0.717) is 5.82 Å². The van der Waals surface area contributed by atoms with Crippen molar-refractivity contribution in [3.05, 3.63) is 205 Å². The van der Waals surface area contributed by atoms with E-state index in [1.807, 2.05) is 0 Å². The summed E-state index contributed by atoms with van der Waals surface area (Å²) in [6, 6.07) is 70.2. The molecule has 0 spiro atoms. The van der Waals surface area contributed by atoms with Gasteiger partial charge in [-0.25, -0.2) is 9.97 Å². The number of hydrogen-bond donors (Lipinski definition) is 0. The average Bonchev–Trinajstić information content (AvgIpc) is 3.51. The predicted molar refractivity (Wildman–Crippen MR) is 239 cm³/mol. The van der Waals surface area contributed by atoms with E-state index in [1.54, 1.807) is 0 Å². The maximum atomic E-state index is 5.46. The highest BCUT2D eigenvalue weighted by Gasteiger charge is 2.35. The third-order valence-electron chi connectivity index (χ3n) is 12.1. The minimum absolute atomic E-state index is 0.0996. The summed E-state index contributed by atoms with van der Waals surface area (Å²) in [6.45, 7) is 4.69. The molecule has 0 unspecified atom stereocenters. The molecule has 1 heterocycles. The molecule has 268 valence electrons. The quantitative estimate of drug-likeness (QED) is 0.130. The summed E-state index contributed by atoms with van der Waals surface area (Å²) in [6.07, 6.45) is 0. The van der Waals surface area contributed by atoms with E-state index in [9.17, 15) is 0 Å². The van der Waals surface area contributed by atoms with Crippen LogP contribution in [-0.2, 0) is 5.41 Å². The van der Waals surface area contributed by atoms with Gasteiger partial charge in [0.15, 0.2) is 5.82 Å². The van der Waals surface area contributed by atoms with Crippen LogP contribution in [0.1, 0.15) is 25.0 Å². The van der Waals surface area contributed by atoms with Crippen LogP contribution in [0.4, 0.5) is 0 Å². The Morgan fingerprint density at radius 3 is 1.75 bits per heavy atom. The molecule has 0 bridgehead atoms. The van der Waals surface area contributed by atoms with Gasteiger partial charge in [0, 0.05) is 22.1 Å². The highest BCUT2D eigenvalue weighted by Crippen LogP contribution is 2.50. The zero-order valence-electron chi connectivity index (χ0n) is 31.9. The van der Waals surface area contributed by atoms with Crippen molar-refractivity contribution in [2.75, 3.05) is 0 Å². The van der Waals surface area contributed by atoms with Gasteiger partial charge in [0.2, 0.25) is 0 Å². The van der Waals surface area contributed by atoms with Gasteiger partial charge in [0.1, 0.15) is 0 Å². The van der Waals surface area contributed by atoms with Gasteiger partial charge in [0.05, 0.1) is 11.4 Å². The maximum absolute atomic E-state index is 5.46. The summed E-state index contributed by atoms with van der Waals surface area (Å²) >= 11 is 0. The van der Waals surface area contributed by atoms with Crippen LogP contribution in [0.25, 0.3) is 99.6 Å². The Morgan fingerprint density at radius 2 is 0.930 bits per heavy atom. The number of nitrogens with zero attached hydrogens (tertiary/aromatic N) is 2. The van der Waals surface area contributed by atoms with Gasteiger partial charge in [-0.05, 0) is 95.0 Å². The van der Waals surface area contributed by atoms with Crippen LogP contribution >= 0.6 is 0 Å². The van der Waals surface area contributed by atoms with Gasteiger partial charge in [-0.15, -0.1) is 0 Å². The van der Waals surface area contributed by atoms with E-state index in [-0.39, 0.29) is 5.41 Å². The highest BCUT2D eigenvalue weighted by atomic mass is 14.9. The lowest BCUT2D eigenvalue weighted by Crippen LogP contribution is -2.14. The average molecular weight is 727 g/mol. The summed E-state index contributed by atoms with van der Waals surface area (Å²) in [4.78, 5) is 10.9. The number of rotatable bonds is 5. The second-order valence-electron chi connectivity index (χ2n) is 15.7. The molecule has 0 amide bonds. The summed E-state index contributed by atoms with van der Waals surface area (Å²) < 4.78 is 0. The molecule has 2 heteroatoms. The molecule has 0 saturated carbocycles. The molecule has 0 atom stereocenters. The number of aromatic nitrogens is 2. The smallest absolute Gasteiger partial charge is 0.160 e. The van der Waals surface area contributed by atoms with Gasteiger partial charge in [-0.1, -0.05) is 190 Å². The Hall–Kier alpha value is -7.16. The molecule has 0 radical (unpaired) electrons. The Bertz CT molecular complexity index is 3190. The molecule has 10 aromatic rings. The van der Waals surface area contributed by atoms with Crippen LogP contribution < -0.4 is 0 Å². The zero-order chi connectivity index (χ0) is 38.1. The van der Waals surface area contributed by atoms with Gasteiger partial charge >= 0.3 is 0 Å². The van der Waals surface area contributed by atoms with Crippen molar-refractivity contribution in [1.29, 1.82) is 0 Å². The van der Waals surface area contributed by atoms with Crippen LogP contribution in [-0.4, -0.2) is 9.97 Å². The number of hydrogen-bond acceptors (Lipinski definition) is 2. The molecule has 1 aliphatic rings. The summed E-state index contributed by atoms with van der Waals surface area (Å²) in [5, 5.41) is 7.22. The van der Waals surface area contributed by atoms with E-state index in [4.69, 9.17) is 9.97 Å². The predicted octanol–water partition coefficient (Wildman–Crippen LogP) is 14.6. The Kier molecular flexibility index (Phi) is 7.55.